The number of nitrogens with one attached hydrogen (secondary N) is 2. The third-order valence-corrected chi connectivity index (χ3v) is 3.21. The Balaban J connectivity index is 1.88. The highest BCUT2D eigenvalue weighted by atomic mass is 16.1. The molecule has 0 spiro atoms. The Morgan fingerprint density at radius 1 is 1.25 bits per heavy atom. The van der Waals surface area contributed by atoms with E-state index in [1.807, 2.05) is 12.1 Å². The maximum absolute atomic E-state index is 11.8. The van der Waals surface area contributed by atoms with Gasteiger partial charge in [0, 0.05) is 24.0 Å². The minimum absolute atomic E-state index is 0.0168. The van der Waals surface area contributed by atoms with E-state index in [9.17, 15) is 4.79 Å². The van der Waals surface area contributed by atoms with Crippen LogP contribution in [0.15, 0.2) is 36.8 Å². The van der Waals surface area contributed by atoms with E-state index in [1.54, 1.807) is 12.5 Å². The van der Waals surface area contributed by atoms with Crippen molar-refractivity contribution in [3.05, 3.63) is 48.0 Å². The standard InChI is InChI=1S/C16H21N3O/c1-16(2,3)12-4-6-13(7-5-12)19-15(20)9-8-14-10-17-11-18-14/h4-7,10-11H,8-9H2,1-3H3,(H,17,18)(H,19,20). The quantitative estimate of drug-likeness (QED) is 0.896. The largest absolute Gasteiger partial charge is 0.348 e. The molecule has 1 aromatic heterocycles. The summed E-state index contributed by atoms with van der Waals surface area (Å²) >= 11 is 0. The molecule has 4 heteroatoms. The molecule has 2 N–H and O–H groups in total. The van der Waals surface area contributed by atoms with Crippen LogP contribution in [0.3, 0.4) is 0 Å². The van der Waals surface area contributed by atoms with Crippen LogP contribution in [0.2, 0.25) is 0 Å². The first kappa shape index (κ1) is 14.3. The summed E-state index contributed by atoms with van der Waals surface area (Å²) in [7, 11) is 0. The molecule has 0 saturated heterocycles. The highest BCUT2D eigenvalue weighted by Crippen LogP contribution is 2.23. The number of imidazole rings is 1. The number of nitrogens with zero attached hydrogens (tertiary/aromatic N) is 1. The second-order valence-corrected chi connectivity index (χ2v) is 5.95. The Morgan fingerprint density at radius 2 is 1.95 bits per heavy atom. The SMILES string of the molecule is CC(C)(C)c1ccc(NC(=O)CCc2cnc[nH]2)cc1. The topological polar surface area (TPSA) is 57.8 Å². The van der Waals surface area contributed by atoms with E-state index in [0.29, 0.717) is 12.8 Å². The van der Waals surface area contributed by atoms with Gasteiger partial charge in [0.25, 0.3) is 0 Å². The number of aromatic nitrogens is 2. The predicted octanol–water partition coefficient (Wildman–Crippen LogP) is 3.28. The summed E-state index contributed by atoms with van der Waals surface area (Å²) in [4.78, 5) is 18.8. The third kappa shape index (κ3) is 3.95. The lowest BCUT2D eigenvalue weighted by Gasteiger charge is -2.19. The molecule has 0 saturated carbocycles. The normalized spacial score (nSPS) is 11.3. The van der Waals surface area contributed by atoms with Gasteiger partial charge in [-0.25, -0.2) is 4.98 Å². The summed E-state index contributed by atoms with van der Waals surface area (Å²) in [5.41, 5.74) is 3.20. The van der Waals surface area contributed by atoms with E-state index in [2.05, 4.69) is 48.2 Å². The third-order valence-electron chi connectivity index (χ3n) is 3.21. The van der Waals surface area contributed by atoms with Crippen LogP contribution in [0.25, 0.3) is 0 Å². The minimum atomic E-state index is 0.0168. The van der Waals surface area contributed by atoms with Crippen LogP contribution in [0.4, 0.5) is 5.69 Å². The van der Waals surface area contributed by atoms with Crippen LogP contribution in [-0.4, -0.2) is 15.9 Å². The number of aryl methyl sites for hydroxylation is 1. The monoisotopic (exact) mass is 271 g/mol. The molecule has 0 bridgehead atoms. The second-order valence-electron chi connectivity index (χ2n) is 5.95. The van der Waals surface area contributed by atoms with Crippen molar-refractivity contribution in [1.29, 1.82) is 0 Å². The lowest BCUT2D eigenvalue weighted by molar-refractivity contribution is -0.116. The second kappa shape index (κ2) is 5.90. The molecule has 2 aromatic rings. The van der Waals surface area contributed by atoms with Crippen LogP contribution in [-0.2, 0) is 16.6 Å². The summed E-state index contributed by atoms with van der Waals surface area (Å²) in [5.74, 6) is 0.0168. The summed E-state index contributed by atoms with van der Waals surface area (Å²) in [6, 6.07) is 8.03. The van der Waals surface area contributed by atoms with Gasteiger partial charge in [-0.3, -0.25) is 4.79 Å². The zero-order valence-corrected chi connectivity index (χ0v) is 12.2. The fourth-order valence-electron chi connectivity index (χ4n) is 1.95. The van der Waals surface area contributed by atoms with Gasteiger partial charge in [0.1, 0.15) is 0 Å². The molecule has 0 aliphatic rings. The van der Waals surface area contributed by atoms with Crippen molar-refractivity contribution in [1.82, 2.24) is 9.97 Å². The Bertz CT molecular complexity index is 550. The molecule has 106 valence electrons. The van der Waals surface area contributed by atoms with Gasteiger partial charge in [0.15, 0.2) is 0 Å². The average molecular weight is 271 g/mol. The van der Waals surface area contributed by atoms with Crippen molar-refractivity contribution < 1.29 is 4.79 Å². The maximum atomic E-state index is 11.8. The van der Waals surface area contributed by atoms with E-state index in [-0.39, 0.29) is 11.3 Å². The Hall–Kier alpha value is -2.10. The molecule has 2 rings (SSSR count). The smallest absolute Gasteiger partial charge is 0.224 e. The first-order chi connectivity index (χ1) is 9.45. The first-order valence-electron chi connectivity index (χ1n) is 6.83. The molecule has 1 aromatic carbocycles. The van der Waals surface area contributed by atoms with E-state index >= 15 is 0 Å². The Morgan fingerprint density at radius 3 is 2.50 bits per heavy atom. The van der Waals surface area contributed by atoms with Crippen LogP contribution >= 0.6 is 0 Å². The molecule has 0 radical (unpaired) electrons. The molecule has 1 amide bonds. The molecule has 0 aliphatic carbocycles. The van der Waals surface area contributed by atoms with Crippen LogP contribution < -0.4 is 5.32 Å². The van der Waals surface area contributed by atoms with Gasteiger partial charge in [-0.2, -0.15) is 0 Å². The minimum Gasteiger partial charge on any atom is -0.348 e. The van der Waals surface area contributed by atoms with E-state index in [1.165, 1.54) is 5.56 Å². The molecule has 0 unspecified atom stereocenters. The number of carbonyl (C=O) groups excluding carboxylic acids is 1. The number of H-pyrrole nitrogens is 1. The van der Waals surface area contributed by atoms with Crippen molar-refractivity contribution in [2.24, 2.45) is 0 Å². The highest BCUT2D eigenvalue weighted by Gasteiger charge is 2.13. The van der Waals surface area contributed by atoms with Crippen molar-refractivity contribution in [2.45, 2.75) is 39.0 Å². The number of hydrogen-bond acceptors (Lipinski definition) is 2. The lowest BCUT2D eigenvalue weighted by Crippen LogP contribution is -2.14. The van der Waals surface area contributed by atoms with Gasteiger partial charge in [0.2, 0.25) is 5.91 Å². The molecular formula is C16H21N3O. The number of hydrogen-bond donors (Lipinski definition) is 2. The maximum Gasteiger partial charge on any atom is 0.224 e. The molecule has 4 nitrogen and oxygen atoms in total. The average Bonchev–Trinajstić information content (AvgIpc) is 2.89. The van der Waals surface area contributed by atoms with E-state index in [0.717, 1.165) is 11.4 Å². The summed E-state index contributed by atoms with van der Waals surface area (Å²) in [6.07, 6.45) is 4.49. The van der Waals surface area contributed by atoms with Gasteiger partial charge in [-0.1, -0.05) is 32.9 Å². The van der Waals surface area contributed by atoms with Gasteiger partial charge in [0.05, 0.1) is 6.33 Å². The van der Waals surface area contributed by atoms with Crippen molar-refractivity contribution in [3.63, 3.8) is 0 Å². The summed E-state index contributed by atoms with van der Waals surface area (Å²) in [5, 5.41) is 2.91. The number of amides is 1. The van der Waals surface area contributed by atoms with Gasteiger partial charge >= 0.3 is 0 Å². The summed E-state index contributed by atoms with van der Waals surface area (Å²) in [6.45, 7) is 6.51. The van der Waals surface area contributed by atoms with Crippen molar-refractivity contribution in [3.8, 4) is 0 Å². The lowest BCUT2D eigenvalue weighted by atomic mass is 9.87. The van der Waals surface area contributed by atoms with Crippen molar-refractivity contribution >= 4 is 11.6 Å². The molecular weight excluding hydrogens is 250 g/mol. The number of anilines is 1. The number of benzene rings is 1. The number of rotatable bonds is 4. The Kier molecular flexibility index (Phi) is 4.23. The highest BCUT2D eigenvalue weighted by molar-refractivity contribution is 5.90. The fraction of sp³-hybridized carbons (Fsp3) is 0.375. The van der Waals surface area contributed by atoms with E-state index in [4.69, 9.17) is 0 Å². The van der Waals surface area contributed by atoms with Crippen LogP contribution in [0.1, 0.15) is 38.4 Å². The molecule has 0 aliphatic heterocycles. The number of carbonyl (C=O) groups is 1. The van der Waals surface area contributed by atoms with Gasteiger partial charge in [-0.05, 0) is 29.5 Å². The fourth-order valence-corrected chi connectivity index (χ4v) is 1.95. The van der Waals surface area contributed by atoms with Gasteiger partial charge < -0.3 is 10.3 Å². The summed E-state index contributed by atoms with van der Waals surface area (Å²) < 4.78 is 0. The molecule has 20 heavy (non-hydrogen) atoms. The Labute approximate surface area is 119 Å². The van der Waals surface area contributed by atoms with Crippen LogP contribution in [0, 0.1) is 0 Å². The predicted molar refractivity (Wildman–Crippen MR) is 80.7 cm³/mol. The zero-order chi connectivity index (χ0) is 14.6. The molecule has 0 fully saturated rings. The first-order valence-corrected chi connectivity index (χ1v) is 6.83. The zero-order valence-electron chi connectivity index (χ0n) is 12.2. The van der Waals surface area contributed by atoms with Crippen LogP contribution in [0.5, 0.6) is 0 Å². The van der Waals surface area contributed by atoms with E-state index < -0.39 is 0 Å². The number of aromatic amines is 1. The van der Waals surface area contributed by atoms with Crippen molar-refractivity contribution in [2.75, 3.05) is 5.32 Å². The molecule has 0 atom stereocenters. The molecule has 1 heterocycles. The van der Waals surface area contributed by atoms with Gasteiger partial charge in [-0.15, -0.1) is 0 Å².